The van der Waals surface area contributed by atoms with E-state index in [0.29, 0.717) is 17.3 Å². The van der Waals surface area contributed by atoms with E-state index < -0.39 is 9.84 Å². The first-order valence-electron chi connectivity index (χ1n) is 6.04. The molecule has 1 aliphatic heterocycles. The Balaban J connectivity index is 1.97. The number of nitrogens with one attached hydrogen (secondary N) is 2. The number of rotatable bonds is 3. The maximum atomic E-state index is 11.9. The molecule has 20 heavy (non-hydrogen) atoms. The Bertz CT molecular complexity index is 621. The lowest BCUT2D eigenvalue weighted by atomic mass is 10.2. The van der Waals surface area contributed by atoms with E-state index in [0.717, 1.165) is 4.47 Å². The summed E-state index contributed by atoms with van der Waals surface area (Å²) in [5, 5.41) is 6.16. The van der Waals surface area contributed by atoms with Crippen LogP contribution in [0.15, 0.2) is 22.7 Å². The summed E-state index contributed by atoms with van der Waals surface area (Å²) in [6.45, 7) is 0.387. The van der Waals surface area contributed by atoms with Gasteiger partial charge in [-0.05, 0) is 18.2 Å². The minimum atomic E-state index is -3.04. The van der Waals surface area contributed by atoms with Crippen LogP contribution in [-0.4, -0.2) is 38.4 Å². The molecular formula is C12H14BrClN2O3S. The summed E-state index contributed by atoms with van der Waals surface area (Å²) in [4.78, 5) is 11.9. The van der Waals surface area contributed by atoms with E-state index in [9.17, 15) is 13.2 Å². The van der Waals surface area contributed by atoms with Crippen molar-refractivity contribution in [2.75, 3.05) is 23.4 Å². The van der Waals surface area contributed by atoms with Crippen LogP contribution in [0.3, 0.4) is 0 Å². The Morgan fingerprint density at radius 3 is 2.95 bits per heavy atom. The maximum Gasteiger partial charge on any atom is 0.226 e. The van der Waals surface area contributed by atoms with Crippen molar-refractivity contribution < 1.29 is 13.2 Å². The highest BCUT2D eigenvalue weighted by atomic mass is 79.9. The van der Waals surface area contributed by atoms with Crippen molar-refractivity contribution in [1.82, 2.24) is 5.32 Å². The van der Waals surface area contributed by atoms with Crippen LogP contribution in [0.25, 0.3) is 0 Å². The first-order chi connectivity index (χ1) is 9.35. The average Bonchev–Trinajstić information content (AvgIpc) is 2.32. The van der Waals surface area contributed by atoms with Gasteiger partial charge in [-0.2, -0.15) is 0 Å². The van der Waals surface area contributed by atoms with E-state index in [1.807, 2.05) is 0 Å². The quantitative estimate of drug-likeness (QED) is 0.837. The van der Waals surface area contributed by atoms with Crippen molar-refractivity contribution in [2.24, 2.45) is 0 Å². The number of amides is 1. The van der Waals surface area contributed by atoms with Crippen LogP contribution in [0.1, 0.15) is 6.42 Å². The van der Waals surface area contributed by atoms with Gasteiger partial charge in [0, 0.05) is 23.5 Å². The van der Waals surface area contributed by atoms with Crippen LogP contribution in [0, 0.1) is 0 Å². The second kappa shape index (κ2) is 6.43. The van der Waals surface area contributed by atoms with E-state index in [1.54, 1.807) is 18.2 Å². The van der Waals surface area contributed by atoms with Gasteiger partial charge in [-0.15, -0.1) is 0 Å². The van der Waals surface area contributed by atoms with Crippen molar-refractivity contribution in [3.05, 3.63) is 27.7 Å². The predicted molar refractivity (Wildman–Crippen MR) is 82.8 cm³/mol. The molecule has 2 rings (SSSR count). The number of anilines is 1. The normalized spacial score (nSPS) is 21.4. The van der Waals surface area contributed by atoms with E-state index >= 15 is 0 Å². The lowest BCUT2D eigenvalue weighted by Gasteiger charge is -2.23. The Labute approximate surface area is 131 Å². The van der Waals surface area contributed by atoms with Crippen LogP contribution < -0.4 is 10.6 Å². The van der Waals surface area contributed by atoms with Crippen molar-refractivity contribution in [2.45, 2.75) is 12.5 Å². The topological polar surface area (TPSA) is 75.3 Å². The molecule has 0 aliphatic carbocycles. The molecule has 5 nitrogen and oxygen atoms in total. The number of benzene rings is 1. The fourth-order valence-electron chi connectivity index (χ4n) is 2.02. The highest BCUT2D eigenvalue weighted by Gasteiger charge is 2.26. The molecule has 8 heteroatoms. The molecule has 1 heterocycles. The molecule has 2 N–H and O–H groups in total. The number of carbonyl (C=O) groups is 1. The van der Waals surface area contributed by atoms with Crippen LogP contribution in [0.5, 0.6) is 0 Å². The van der Waals surface area contributed by atoms with Crippen LogP contribution in [0.4, 0.5) is 5.69 Å². The number of hydrogen-bond acceptors (Lipinski definition) is 4. The maximum absolute atomic E-state index is 11.9. The van der Waals surface area contributed by atoms with Gasteiger partial charge < -0.3 is 10.6 Å². The molecule has 1 saturated heterocycles. The molecule has 1 fully saturated rings. The Morgan fingerprint density at radius 2 is 2.25 bits per heavy atom. The van der Waals surface area contributed by atoms with Crippen molar-refractivity contribution in [3.63, 3.8) is 0 Å². The lowest BCUT2D eigenvalue weighted by Crippen LogP contribution is -2.46. The third kappa shape index (κ3) is 4.44. The van der Waals surface area contributed by atoms with E-state index in [-0.39, 0.29) is 29.9 Å². The van der Waals surface area contributed by atoms with Crippen molar-refractivity contribution >= 4 is 49.0 Å². The summed E-state index contributed by atoms with van der Waals surface area (Å²) in [5.74, 6) is -0.144. The smallest absolute Gasteiger partial charge is 0.226 e. The molecule has 0 radical (unpaired) electrons. The van der Waals surface area contributed by atoms with E-state index in [4.69, 9.17) is 11.6 Å². The van der Waals surface area contributed by atoms with Gasteiger partial charge in [0.15, 0.2) is 9.84 Å². The Hall–Kier alpha value is -0.630. The van der Waals surface area contributed by atoms with Crippen molar-refractivity contribution in [1.29, 1.82) is 0 Å². The molecule has 1 aliphatic rings. The molecule has 1 aromatic rings. The minimum Gasteiger partial charge on any atom is -0.325 e. The summed E-state index contributed by atoms with van der Waals surface area (Å²) in [6.07, 6.45) is 0.0993. The van der Waals surface area contributed by atoms with Gasteiger partial charge in [0.05, 0.1) is 22.2 Å². The Morgan fingerprint density at radius 1 is 1.50 bits per heavy atom. The first-order valence-corrected chi connectivity index (χ1v) is 9.04. The standard InChI is InChI=1S/C12H14BrClN2O3S/c13-8-1-2-10(14)11(5-8)16-12(17)6-9-7-20(18,19)4-3-15-9/h1-2,5,9,15H,3-4,6-7H2,(H,16,17). The highest BCUT2D eigenvalue weighted by molar-refractivity contribution is 9.10. The molecule has 1 amide bonds. The monoisotopic (exact) mass is 380 g/mol. The molecule has 110 valence electrons. The zero-order valence-electron chi connectivity index (χ0n) is 10.5. The second-order valence-corrected chi connectivity index (χ2v) is 8.19. The predicted octanol–water partition coefficient (Wildman–Crippen LogP) is 1.82. The lowest BCUT2D eigenvalue weighted by molar-refractivity contribution is -0.116. The molecule has 1 unspecified atom stereocenters. The van der Waals surface area contributed by atoms with Gasteiger partial charge in [-0.3, -0.25) is 4.79 Å². The molecule has 1 aromatic carbocycles. The molecular weight excluding hydrogens is 368 g/mol. The number of halogens is 2. The number of sulfone groups is 1. The highest BCUT2D eigenvalue weighted by Crippen LogP contribution is 2.25. The third-order valence-corrected chi connectivity index (χ3v) is 5.49. The SMILES string of the molecule is O=C(CC1CS(=O)(=O)CCN1)Nc1cc(Br)ccc1Cl. The van der Waals surface area contributed by atoms with E-state index in [2.05, 4.69) is 26.6 Å². The third-order valence-electron chi connectivity index (χ3n) is 2.94. The van der Waals surface area contributed by atoms with E-state index in [1.165, 1.54) is 0 Å². The van der Waals surface area contributed by atoms with Gasteiger partial charge in [-0.25, -0.2) is 8.42 Å². The van der Waals surface area contributed by atoms with Gasteiger partial charge >= 0.3 is 0 Å². The molecule has 1 atom stereocenters. The number of hydrogen-bond donors (Lipinski definition) is 2. The molecule has 0 aromatic heterocycles. The molecule has 0 spiro atoms. The van der Waals surface area contributed by atoms with Gasteiger partial charge in [0.1, 0.15) is 0 Å². The fraction of sp³-hybridized carbons (Fsp3) is 0.417. The van der Waals surface area contributed by atoms with Crippen LogP contribution >= 0.6 is 27.5 Å². The summed E-state index contributed by atoms with van der Waals surface area (Å²) in [6, 6.07) is 4.79. The summed E-state index contributed by atoms with van der Waals surface area (Å²) < 4.78 is 23.8. The van der Waals surface area contributed by atoms with Crippen LogP contribution in [0.2, 0.25) is 5.02 Å². The molecule has 0 bridgehead atoms. The van der Waals surface area contributed by atoms with Crippen LogP contribution in [-0.2, 0) is 14.6 Å². The molecule has 0 saturated carbocycles. The number of carbonyl (C=O) groups excluding carboxylic acids is 1. The average molecular weight is 382 g/mol. The zero-order chi connectivity index (χ0) is 14.8. The summed E-state index contributed by atoms with van der Waals surface area (Å²) in [5.41, 5.74) is 0.504. The second-order valence-electron chi connectivity index (χ2n) is 4.64. The minimum absolute atomic E-state index is 0.00731. The fourth-order valence-corrected chi connectivity index (χ4v) is 3.99. The largest absolute Gasteiger partial charge is 0.325 e. The first kappa shape index (κ1) is 15.8. The van der Waals surface area contributed by atoms with Gasteiger partial charge in [0.25, 0.3) is 0 Å². The van der Waals surface area contributed by atoms with Crippen molar-refractivity contribution in [3.8, 4) is 0 Å². The Kier molecular flexibility index (Phi) is 5.06. The van der Waals surface area contributed by atoms with Gasteiger partial charge in [-0.1, -0.05) is 27.5 Å². The summed E-state index contributed by atoms with van der Waals surface area (Å²) >= 11 is 9.28. The summed E-state index contributed by atoms with van der Waals surface area (Å²) in [7, 11) is -3.04. The zero-order valence-corrected chi connectivity index (χ0v) is 13.7. The van der Waals surface area contributed by atoms with Gasteiger partial charge in [0.2, 0.25) is 5.91 Å².